The lowest BCUT2D eigenvalue weighted by Crippen LogP contribution is -2.50. The van der Waals surface area contributed by atoms with E-state index in [-0.39, 0.29) is 19.8 Å². The van der Waals surface area contributed by atoms with Gasteiger partial charge >= 0.3 is 12.1 Å². The molecule has 1 heterocycles. The number of amides is 1. The molecule has 1 fully saturated rings. The quantitative estimate of drug-likeness (QED) is 0.701. The normalized spacial score (nSPS) is 30.9. The van der Waals surface area contributed by atoms with Crippen molar-refractivity contribution in [1.29, 1.82) is 0 Å². The van der Waals surface area contributed by atoms with Crippen molar-refractivity contribution < 1.29 is 34.1 Å². The first kappa shape index (κ1) is 8.56. The van der Waals surface area contributed by atoms with Gasteiger partial charge in [-0.15, -0.1) is 0 Å². The number of nitrogens with zero attached hydrogens (tertiary/aromatic N) is 2. The van der Waals surface area contributed by atoms with E-state index >= 15 is 0 Å². The number of benzene rings is 1. The summed E-state index contributed by atoms with van der Waals surface area (Å²) in [6.07, 6.45) is -1.61. The Morgan fingerprint density at radius 3 is 2.46 bits per heavy atom. The van der Waals surface area contributed by atoms with Crippen LogP contribution in [0.2, 0.25) is 0 Å². The smallest absolute Gasteiger partial charge is 0.410 e. The van der Waals surface area contributed by atoms with Crippen LogP contribution in [0.25, 0.3) is 0 Å². The number of carbonyl (C=O) groups excluding carboxylic acids is 2. The predicted molar refractivity (Wildman–Crippen MR) is 95.5 cm³/mol. The molecule has 1 aliphatic heterocycles. The molecule has 0 N–H and O–H groups in total. The van der Waals surface area contributed by atoms with E-state index in [1.165, 1.54) is 20.8 Å². The molecule has 0 atom stereocenters. The summed E-state index contributed by atoms with van der Waals surface area (Å²) < 4.78 is 97.2. The Bertz CT molecular complexity index is 996. The highest BCUT2D eigenvalue weighted by molar-refractivity contribution is 9.10. The molecule has 7 heteroatoms. The molecule has 0 aromatic heterocycles. The van der Waals surface area contributed by atoms with Gasteiger partial charge in [-0.25, -0.2) is 9.59 Å². The fourth-order valence-corrected chi connectivity index (χ4v) is 2.18. The van der Waals surface area contributed by atoms with Crippen molar-refractivity contribution >= 4 is 33.7 Å². The summed E-state index contributed by atoms with van der Waals surface area (Å²) in [7, 11) is -3.05. The van der Waals surface area contributed by atoms with Crippen LogP contribution >= 0.6 is 15.9 Å². The third-order valence-electron chi connectivity index (χ3n) is 2.65. The maximum absolute atomic E-state index is 12.7. The highest BCUT2D eigenvalue weighted by atomic mass is 79.9. The Hall–Kier alpha value is -1.76. The largest absolute Gasteiger partial charge is 0.465 e. The lowest BCUT2D eigenvalue weighted by molar-refractivity contribution is 0.0240. The minimum absolute atomic E-state index is 0.161. The standard InChI is InChI=1S/C17H23BrN2O4/c1-17(2,3)24-16(22)20-9-7-19(8-10-20)12-5-6-13(14(18)11-12)15(21)23-4/h5-6,11H,7-10H2,1-4H3/i4D3,7D2,8D2,9D2,10D2. The molecule has 0 spiro atoms. The molecule has 0 unspecified atom stereocenters. The Labute approximate surface area is 166 Å². The Kier molecular flexibility index (Phi) is 2.65. The molecule has 1 saturated heterocycles. The Balaban J connectivity index is 2.65. The molecule has 0 aliphatic carbocycles. The third-order valence-corrected chi connectivity index (χ3v) is 3.30. The average molecular weight is 410 g/mol. The zero-order chi connectivity index (χ0) is 27.6. The van der Waals surface area contributed by atoms with E-state index in [0.29, 0.717) is 0 Å². The minimum Gasteiger partial charge on any atom is -0.465 e. The van der Waals surface area contributed by atoms with Gasteiger partial charge in [0.25, 0.3) is 0 Å². The molecular formula is C17H23BrN2O4. The molecule has 1 amide bonds. The number of halogens is 1. The molecule has 132 valence electrons. The van der Waals surface area contributed by atoms with E-state index < -0.39 is 56.4 Å². The van der Waals surface area contributed by atoms with E-state index in [1.54, 1.807) is 0 Å². The van der Waals surface area contributed by atoms with Crippen molar-refractivity contribution in [2.75, 3.05) is 37.9 Å². The zero-order valence-corrected chi connectivity index (χ0v) is 14.7. The second-order valence-electron chi connectivity index (χ2n) is 5.65. The molecule has 6 nitrogen and oxygen atoms in total. The summed E-state index contributed by atoms with van der Waals surface area (Å²) in [5.41, 5.74) is -1.96. The number of methoxy groups -OCH3 is 1. The predicted octanol–water partition coefficient (Wildman–Crippen LogP) is 3.29. The van der Waals surface area contributed by atoms with Crippen LogP contribution in [-0.4, -0.2) is 55.6 Å². The van der Waals surface area contributed by atoms with Gasteiger partial charge in [-0.1, -0.05) is 0 Å². The lowest BCUT2D eigenvalue weighted by Gasteiger charge is -2.36. The fraction of sp³-hybridized carbons (Fsp3) is 0.529. The van der Waals surface area contributed by atoms with Crippen LogP contribution in [-0.2, 0) is 9.47 Å². The van der Waals surface area contributed by atoms with Gasteiger partial charge in [-0.05, 0) is 54.9 Å². The molecule has 1 aromatic rings. The number of ether oxygens (including phenoxy) is 2. The Morgan fingerprint density at radius 1 is 1.25 bits per heavy atom. The molecule has 0 bridgehead atoms. The molecule has 1 aromatic carbocycles. The lowest BCUT2D eigenvalue weighted by atomic mass is 10.2. The molecule has 0 saturated carbocycles. The first-order valence-corrected chi connectivity index (χ1v) is 7.54. The van der Waals surface area contributed by atoms with Crippen molar-refractivity contribution in [3.63, 3.8) is 0 Å². The fourth-order valence-electron chi connectivity index (χ4n) is 1.65. The van der Waals surface area contributed by atoms with Gasteiger partial charge in [0, 0.05) is 36.1 Å². The first-order valence-electron chi connectivity index (χ1n) is 12.2. The van der Waals surface area contributed by atoms with Crippen molar-refractivity contribution in [3.8, 4) is 0 Å². The second-order valence-corrected chi connectivity index (χ2v) is 6.51. The van der Waals surface area contributed by atoms with Crippen LogP contribution in [0.1, 0.15) is 46.2 Å². The summed E-state index contributed by atoms with van der Waals surface area (Å²) in [6, 6.07) is 2.91. The monoisotopic (exact) mass is 409 g/mol. The van der Waals surface area contributed by atoms with E-state index in [4.69, 9.17) is 19.8 Å². The summed E-state index contributed by atoms with van der Waals surface area (Å²) in [6.45, 7) is -9.41. The van der Waals surface area contributed by atoms with Gasteiger partial charge in [0.2, 0.25) is 0 Å². The molecule has 1 aliphatic rings. The maximum atomic E-state index is 12.7. The van der Waals surface area contributed by atoms with Gasteiger partial charge in [0.05, 0.1) is 27.7 Å². The highest BCUT2D eigenvalue weighted by Crippen LogP contribution is 2.26. The maximum Gasteiger partial charge on any atom is 0.410 e. The number of carbonyl (C=O) groups is 2. The van der Waals surface area contributed by atoms with Crippen molar-refractivity contribution in [2.45, 2.75) is 26.4 Å². The SMILES string of the molecule is [2H]C([2H])([2H])OC(=O)c1ccc(N2C([2H])([2H])C([2H])([2H])N(C(=O)OC(C)(C)C)C([2H])([2H])C2([2H])[2H])cc1Br. The van der Waals surface area contributed by atoms with Crippen LogP contribution in [0.15, 0.2) is 22.7 Å². The third kappa shape index (κ3) is 4.63. The number of piperazine rings is 1. The van der Waals surface area contributed by atoms with Crippen molar-refractivity contribution in [3.05, 3.63) is 28.2 Å². The molecular weight excluding hydrogens is 376 g/mol. The van der Waals surface area contributed by atoms with Crippen molar-refractivity contribution in [2.24, 2.45) is 0 Å². The van der Waals surface area contributed by atoms with Crippen LogP contribution in [0, 0.1) is 0 Å². The van der Waals surface area contributed by atoms with Crippen LogP contribution in [0.3, 0.4) is 0 Å². The van der Waals surface area contributed by atoms with Crippen LogP contribution in [0.5, 0.6) is 0 Å². The van der Waals surface area contributed by atoms with Gasteiger partial charge in [0.15, 0.2) is 0 Å². The average Bonchev–Trinajstić information content (AvgIpc) is 2.56. The van der Waals surface area contributed by atoms with E-state index in [0.717, 1.165) is 18.2 Å². The highest BCUT2D eigenvalue weighted by Gasteiger charge is 2.26. The van der Waals surface area contributed by atoms with Crippen molar-refractivity contribution in [1.82, 2.24) is 4.90 Å². The Morgan fingerprint density at radius 2 is 1.92 bits per heavy atom. The van der Waals surface area contributed by atoms with Gasteiger partial charge in [-0.2, -0.15) is 0 Å². The molecule has 2 rings (SSSR count). The minimum atomic E-state index is -3.46. The van der Waals surface area contributed by atoms with E-state index in [2.05, 4.69) is 20.7 Å². The summed E-state index contributed by atoms with van der Waals surface area (Å²) >= 11 is 2.99. The number of hydrogen-bond donors (Lipinski definition) is 0. The second kappa shape index (κ2) is 7.42. The zero-order valence-electron chi connectivity index (χ0n) is 24.1. The number of anilines is 1. The van der Waals surface area contributed by atoms with Crippen LogP contribution in [0.4, 0.5) is 10.5 Å². The number of hydrogen-bond acceptors (Lipinski definition) is 5. The van der Waals surface area contributed by atoms with Crippen LogP contribution < -0.4 is 4.90 Å². The van der Waals surface area contributed by atoms with E-state index in [9.17, 15) is 9.59 Å². The van der Waals surface area contributed by atoms with Gasteiger partial charge in [-0.3, -0.25) is 0 Å². The van der Waals surface area contributed by atoms with E-state index in [1.807, 2.05) is 0 Å². The molecule has 0 radical (unpaired) electrons. The first-order chi connectivity index (χ1) is 15.4. The number of rotatable bonds is 2. The summed E-state index contributed by atoms with van der Waals surface area (Å²) in [5.74, 6) is -1.27. The summed E-state index contributed by atoms with van der Waals surface area (Å²) in [4.78, 5) is 24.8. The molecule has 24 heavy (non-hydrogen) atoms. The number of esters is 1. The topological polar surface area (TPSA) is 59.1 Å². The van der Waals surface area contributed by atoms with Gasteiger partial charge in [0.1, 0.15) is 5.60 Å². The van der Waals surface area contributed by atoms with Gasteiger partial charge < -0.3 is 19.3 Å². The summed E-state index contributed by atoms with van der Waals surface area (Å²) in [5, 5.41) is 0.